The topological polar surface area (TPSA) is 42.0 Å². The van der Waals surface area contributed by atoms with Crippen LogP contribution in [0.1, 0.15) is 52.0 Å². The smallest absolute Gasteiger partial charge is 0.263 e. The maximum absolute atomic E-state index is 12.4. The number of carbonyl (C=O) groups excluding carboxylic acids is 1. The van der Waals surface area contributed by atoms with Crippen molar-refractivity contribution in [3.05, 3.63) is 64.1 Å². The van der Waals surface area contributed by atoms with Crippen LogP contribution in [-0.4, -0.2) is 10.9 Å². The highest BCUT2D eigenvalue weighted by atomic mass is 32.1. The summed E-state index contributed by atoms with van der Waals surface area (Å²) in [4.78, 5) is 17.5. The van der Waals surface area contributed by atoms with Crippen LogP contribution in [0.4, 0.5) is 0 Å². The van der Waals surface area contributed by atoms with Gasteiger partial charge in [0.1, 0.15) is 4.88 Å². The van der Waals surface area contributed by atoms with E-state index in [0.717, 1.165) is 10.6 Å². The van der Waals surface area contributed by atoms with Crippen molar-refractivity contribution in [1.29, 1.82) is 0 Å². The molecular formula is C19H18N2OS. The van der Waals surface area contributed by atoms with Crippen LogP contribution in [0.25, 0.3) is 10.8 Å². The van der Waals surface area contributed by atoms with E-state index in [1.807, 2.05) is 19.1 Å². The molecule has 3 nitrogen and oxygen atoms in total. The molecular weight excluding hydrogens is 304 g/mol. The molecule has 116 valence electrons. The predicted molar refractivity (Wildman–Crippen MR) is 93.9 cm³/mol. The monoisotopic (exact) mass is 322 g/mol. The molecule has 0 saturated heterocycles. The Hall–Kier alpha value is -2.20. The van der Waals surface area contributed by atoms with Crippen LogP contribution in [0.2, 0.25) is 0 Å². The van der Waals surface area contributed by atoms with Crippen LogP contribution in [0, 0.1) is 0 Å². The van der Waals surface area contributed by atoms with Gasteiger partial charge in [0.05, 0.1) is 17.2 Å². The second-order valence-corrected chi connectivity index (χ2v) is 7.20. The van der Waals surface area contributed by atoms with Gasteiger partial charge in [-0.3, -0.25) is 4.79 Å². The van der Waals surface area contributed by atoms with Gasteiger partial charge in [-0.1, -0.05) is 36.4 Å². The fourth-order valence-electron chi connectivity index (χ4n) is 2.74. The van der Waals surface area contributed by atoms with Gasteiger partial charge >= 0.3 is 0 Å². The zero-order chi connectivity index (χ0) is 15.8. The quantitative estimate of drug-likeness (QED) is 0.759. The van der Waals surface area contributed by atoms with Gasteiger partial charge < -0.3 is 5.32 Å². The maximum atomic E-state index is 12.4. The Balaban J connectivity index is 1.50. The molecule has 0 aliphatic heterocycles. The number of fused-ring (bicyclic) bond motifs is 1. The number of nitrogens with zero attached hydrogens (tertiary/aromatic N) is 1. The predicted octanol–water partition coefficient (Wildman–Crippen LogP) is 4.66. The molecule has 1 N–H and O–H groups in total. The van der Waals surface area contributed by atoms with Crippen molar-refractivity contribution in [2.24, 2.45) is 0 Å². The first kappa shape index (κ1) is 14.4. The lowest BCUT2D eigenvalue weighted by Gasteiger charge is -2.14. The molecule has 1 heterocycles. The normalized spacial score (nSPS) is 15.5. The minimum absolute atomic E-state index is 0.0291. The zero-order valence-corrected chi connectivity index (χ0v) is 13.8. The summed E-state index contributed by atoms with van der Waals surface area (Å²) in [6, 6.07) is 14.6. The molecule has 1 aliphatic carbocycles. The molecule has 1 aliphatic rings. The van der Waals surface area contributed by atoms with Crippen molar-refractivity contribution in [1.82, 2.24) is 10.3 Å². The molecule has 0 spiro atoms. The van der Waals surface area contributed by atoms with E-state index in [1.165, 1.54) is 35.0 Å². The molecule has 1 unspecified atom stereocenters. The molecule has 1 amide bonds. The second-order valence-electron chi connectivity index (χ2n) is 6.14. The summed E-state index contributed by atoms with van der Waals surface area (Å²) in [5.41, 5.74) is 1.11. The number of nitrogens with one attached hydrogen (secondary N) is 1. The number of aromatic nitrogens is 1. The third-order valence-electron chi connectivity index (χ3n) is 4.30. The Bertz CT molecular complexity index is 866. The average Bonchev–Trinajstić information content (AvgIpc) is 3.31. The number of hydrogen-bond donors (Lipinski definition) is 1. The minimum Gasteiger partial charge on any atom is -0.345 e. The fourth-order valence-corrected chi connectivity index (χ4v) is 3.73. The first-order chi connectivity index (χ1) is 11.2. The Morgan fingerprint density at radius 2 is 2.00 bits per heavy atom. The summed E-state index contributed by atoms with van der Waals surface area (Å²) < 4.78 is 0. The molecule has 1 atom stereocenters. The van der Waals surface area contributed by atoms with Gasteiger partial charge in [-0.05, 0) is 42.2 Å². The highest BCUT2D eigenvalue weighted by molar-refractivity contribution is 7.13. The zero-order valence-electron chi connectivity index (χ0n) is 13.0. The Morgan fingerprint density at radius 3 is 2.78 bits per heavy atom. The van der Waals surface area contributed by atoms with Crippen LogP contribution in [0.3, 0.4) is 0 Å². The highest BCUT2D eigenvalue weighted by Gasteiger charge is 2.27. The van der Waals surface area contributed by atoms with Gasteiger partial charge in [0, 0.05) is 5.92 Å². The molecule has 1 fully saturated rings. The van der Waals surface area contributed by atoms with Crippen LogP contribution < -0.4 is 5.32 Å². The Morgan fingerprint density at radius 1 is 1.22 bits per heavy atom. The molecule has 4 heteroatoms. The molecule has 23 heavy (non-hydrogen) atoms. The number of hydrogen-bond acceptors (Lipinski definition) is 3. The summed E-state index contributed by atoms with van der Waals surface area (Å²) >= 11 is 1.53. The van der Waals surface area contributed by atoms with E-state index in [0.29, 0.717) is 10.8 Å². The highest BCUT2D eigenvalue weighted by Crippen LogP contribution is 2.41. The van der Waals surface area contributed by atoms with E-state index in [1.54, 1.807) is 6.20 Å². The van der Waals surface area contributed by atoms with Gasteiger partial charge in [-0.2, -0.15) is 0 Å². The molecule has 1 saturated carbocycles. The van der Waals surface area contributed by atoms with E-state index in [4.69, 9.17) is 0 Å². The maximum Gasteiger partial charge on any atom is 0.263 e. The Labute approximate surface area is 139 Å². The standard InChI is InChI=1S/C19H18N2OS/c1-12(15-9-6-13-4-2-3-5-16(13)10-15)21-18(22)17-11-20-19(23-17)14-7-8-14/h2-6,9-12,14H,7-8H2,1H3,(H,21,22). The van der Waals surface area contributed by atoms with Crippen molar-refractivity contribution in [3.8, 4) is 0 Å². The van der Waals surface area contributed by atoms with Crippen molar-refractivity contribution >= 4 is 28.0 Å². The summed E-state index contributed by atoms with van der Waals surface area (Å²) in [7, 11) is 0. The van der Waals surface area contributed by atoms with Crippen LogP contribution in [0.15, 0.2) is 48.7 Å². The van der Waals surface area contributed by atoms with Crippen LogP contribution in [-0.2, 0) is 0 Å². The minimum atomic E-state index is -0.0324. The Kier molecular flexibility index (Phi) is 3.62. The average molecular weight is 322 g/mol. The van der Waals surface area contributed by atoms with Gasteiger partial charge in [-0.15, -0.1) is 11.3 Å². The number of rotatable bonds is 4. The second kappa shape index (κ2) is 5.78. The molecule has 4 rings (SSSR count). The summed E-state index contributed by atoms with van der Waals surface area (Å²) in [5.74, 6) is 0.564. The number of benzene rings is 2. The molecule has 2 aromatic carbocycles. The molecule has 0 radical (unpaired) electrons. The molecule has 1 aromatic heterocycles. The lowest BCUT2D eigenvalue weighted by Crippen LogP contribution is -2.25. The number of amides is 1. The number of carbonyl (C=O) groups is 1. The molecule has 0 bridgehead atoms. The van der Waals surface area contributed by atoms with Gasteiger partial charge in [0.2, 0.25) is 0 Å². The third-order valence-corrected chi connectivity index (χ3v) is 5.45. The van der Waals surface area contributed by atoms with E-state index < -0.39 is 0 Å². The summed E-state index contributed by atoms with van der Waals surface area (Å²) in [6.45, 7) is 2.02. The van der Waals surface area contributed by atoms with E-state index in [-0.39, 0.29) is 11.9 Å². The van der Waals surface area contributed by atoms with Gasteiger partial charge in [0.15, 0.2) is 0 Å². The van der Waals surface area contributed by atoms with Crippen molar-refractivity contribution in [3.63, 3.8) is 0 Å². The first-order valence-electron chi connectivity index (χ1n) is 7.96. The lowest BCUT2D eigenvalue weighted by molar-refractivity contribution is 0.0944. The van der Waals surface area contributed by atoms with Gasteiger partial charge in [0.25, 0.3) is 5.91 Å². The van der Waals surface area contributed by atoms with Crippen LogP contribution >= 0.6 is 11.3 Å². The fraction of sp³-hybridized carbons (Fsp3) is 0.263. The lowest BCUT2D eigenvalue weighted by atomic mass is 10.0. The molecule has 3 aromatic rings. The summed E-state index contributed by atoms with van der Waals surface area (Å²) in [5, 5.41) is 6.59. The number of thiazole rings is 1. The SMILES string of the molecule is CC(NC(=O)c1cnc(C2CC2)s1)c1ccc2ccccc2c1. The largest absolute Gasteiger partial charge is 0.345 e. The third kappa shape index (κ3) is 2.99. The van der Waals surface area contributed by atoms with Crippen LogP contribution in [0.5, 0.6) is 0 Å². The van der Waals surface area contributed by atoms with Gasteiger partial charge in [-0.25, -0.2) is 4.98 Å². The van der Waals surface area contributed by atoms with E-state index >= 15 is 0 Å². The van der Waals surface area contributed by atoms with E-state index in [9.17, 15) is 4.79 Å². The van der Waals surface area contributed by atoms with E-state index in [2.05, 4.69) is 40.6 Å². The first-order valence-corrected chi connectivity index (χ1v) is 8.77. The van der Waals surface area contributed by atoms with Crippen molar-refractivity contribution in [2.75, 3.05) is 0 Å². The summed E-state index contributed by atoms with van der Waals surface area (Å²) in [6.07, 6.45) is 4.13. The van der Waals surface area contributed by atoms with Crippen molar-refractivity contribution < 1.29 is 4.79 Å². The van der Waals surface area contributed by atoms with Crippen molar-refractivity contribution in [2.45, 2.75) is 31.7 Å².